The lowest BCUT2D eigenvalue weighted by Crippen LogP contribution is -1.85. The van der Waals surface area contributed by atoms with Crippen molar-refractivity contribution >= 4 is 16.6 Å². The Morgan fingerprint density at radius 1 is 1.40 bits per heavy atom. The van der Waals surface area contributed by atoms with Crippen LogP contribution < -0.4 is 0 Å². The molecule has 0 unspecified atom stereocenters. The number of H-pyrrole nitrogens is 1. The number of aromatic hydroxyl groups is 1. The molecule has 4 nitrogen and oxygen atoms in total. The van der Waals surface area contributed by atoms with Crippen LogP contribution in [0.3, 0.4) is 0 Å². The van der Waals surface area contributed by atoms with Gasteiger partial charge in [-0.1, -0.05) is 19.9 Å². The second-order valence-corrected chi connectivity index (χ2v) is 3.87. The van der Waals surface area contributed by atoms with E-state index in [0.29, 0.717) is 11.3 Å². The van der Waals surface area contributed by atoms with Crippen molar-refractivity contribution in [3.05, 3.63) is 28.7 Å². The van der Waals surface area contributed by atoms with E-state index in [2.05, 4.69) is 24.0 Å². The number of aromatic nitrogens is 1. The summed E-state index contributed by atoms with van der Waals surface area (Å²) in [7, 11) is 0. The molecular weight excluding hydrogens is 192 g/mol. The summed E-state index contributed by atoms with van der Waals surface area (Å²) in [5.74, 6) is 0.215. The molecule has 4 heteroatoms. The summed E-state index contributed by atoms with van der Waals surface area (Å²) in [6.07, 6.45) is 0. The van der Waals surface area contributed by atoms with Gasteiger partial charge < -0.3 is 10.1 Å². The van der Waals surface area contributed by atoms with Crippen molar-refractivity contribution in [1.29, 1.82) is 0 Å². The van der Waals surface area contributed by atoms with Crippen molar-refractivity contribution in [2.45, 2.75) is 19.8 Å². The molecule has 2 aromatic rings. The lowest BCUT2D eigenvalue weighted by Gasteiger charge is -2.04. The van der Waals surface area contributed by atoms with E-state index in [4.69, 9.17) is 0 Å². The summed E-state index contributed by atoms with van der Waals surface area (Å²) in [6, 6.07) is 5.70. The monoisotopic (exact) mass is 204 g/mol. The minimum atomic E-state index is -0.166. The molecule has 0 saturated heterocycles. The highest BCUT2D eigenvalue weighted by Gasteiger charge is 2.12. The van der Waals surface area contributed by atoms with E-state index in [1.807, 2.05) is 18.2 Å². The van der Waals surface area contributed by atoms with Crippen LogP contribution in [0.1, 0.15) is 25.3 Å². The lowest BCUT2D eigenvalue weighted by molar-refractivity contribution is 0.460. The molecule has 0 aliphatic heterocycles. The van der Waals surface area contributed by atoms with Gasteiger partial charge in [-0.05, 0) is 28.8 Å². The molecule has 78 valence electrons. The van der Waals surface area contributed by atoms with E-state index in [9.17, 15) is 10.0 Å². The van der Waals surface area contributed by atoms with Gasteiger partial charge in [0.2, 0.25) is 5.88 Å². The Labute approximate surface area is 86.9 Å². The minimum absolute atomic E-state index is 0.0903. The van der Waals surface area contributed by atoms with E-state index >= 15 is 0 Å². The van der Waals surface area contributed by atoms with Gasteiger partial charge >= 0.3 is 0 Å². The Morgan fingerprint density at radius 2 is 2.13 bits per heavy atom. The number of benzene rings is 1. The summed E-state index contributed by atoms with van der Waals surface area (Å²) < 4.78 is 0. The number of hydrogen-bond acceptors (Lipinski definition) is 3. The van der Waals surface area contributed by atoms with Crippen molar-refractivity contribution in [2.24, 2.45) is 5.18 Å². The number of nitroso groups, excluding NO2 is 1. The highest BCUT2D eigenvalue weighted by molar-refractivity contribution is 5.94. The molecule has 0 fully saturated rings. The standard InChI is InChI=1S/C11H12N2O2/c1-6(2)7-3-4-9-8(5-7)10(13-15)11(14)12-9/h3-6,12,14H,1-2H3. The average molecular weight is 204 g/mol. The van der Waals surface area contributed by atoms with Crippen LogP contribution in [0, 0.1) is 4.91 Å². The Hall–Kier alpha value is -1.84. The van der Waals surface area contributed by atoms with Gasteiger partial charge in [-0.25, -0.2) is 0 Å². The molecule has 0 spiro atoms. The summed E-state index contributed by atoms with van der Waals surface area (Å²) >= 11 is 0. The first-order valence-electron chi connectivity index (χ1n) is 4.81. The Bertz CT molecular complexity index is 515. The number of hydrogen-bond donors (Lipinski definition) is 2. The van der Waals surface area contributed by atoms with Crippen LogP contribution in [0.15, 0.2) is 23.4 Å². The van der Waals surface area contributed by atoms with Crippen LogP contribution in [-0.4, -0.2) is 10.1 Å². The predicted molar refractivity (Wildman–Crippen MR) is 59.5 cm³/mol. The lowest BCUT2D eigenvalue weighted by atomic mass is 10.0. The molecule has 1 aromatic heterocycles. The number of rotatable bonds is 2. The van der Waals surface area contributed by atoms with Crippen LogP contribution in [0.4, 0.5) is 5.69 Å². The zero-order valence-corrected chi connectivity index (χ0v) is 8.61. The van der Waals surface area contributed by atoms with Gasteiger partial charge in [-0.15, -0.1) is 4.91 Å². The van der Waals surface area contributed by atoms with Crippen molar-refractivity contribution < 1.29 is 5.11 Å². The summed E-state index contributed by atoms with van der Waals surface area (Å²) in [6.45, 7) is 4.14. The van der Waals surface area contributed by atoms with Gasteiger partial charge in [0.25, 0.3) is 0 Å². The van der Waals surface area contributed by atoms with Crippen molar-refractivity contribution in [3.63, 3.8) is 0 Å². The molecule has 0 aliphatic carbocycles. The van der Waals surface area contributed by atoms with Gasteiger partial charge in [0.1, 0.15) is 0 Å². The van der Waals surface area contributed by atoms with E-state index in [0.717, 1.165) is 11.1 Å². The van der Waals surface area contributed by atoms with Crippen molar-refractivity contribution in [3.8, 4) is 5.88 Å². The van der Waals surface area contributed by atoms with Crippen molar-refractivity contribution in [1.82, 2.24) is 4.98 Å². The van der Waals surface area contributed by atoms with E-state index in [1.165, 1.54) is 0 Å². The quantitative estimate of drug-likeness (QED) is 0.736. The van der Waals surface area contributed by atoms with E-state index in [1.54, 1.807) is 0 Å². The number of nitrogens with zero attached hydrogens (tertiary/aromatic N) is 1. The largest absolute Gasteiger partial charge is 0.493 e. The fourth-order valence-electron chi connectivity index (χ4n) is 1.63. The summed E-state index contributed by atoms with van der Waals surface area (Å²) in [4.78, 5) is 13.3. The van der Waals surface area contributed by atoms with Gasteiger partial charge in [0.15, 0.2) is 5.69 Å². The molecule has 1 heterocycles. The minimum Gasteiger partial charge on any atom is -0.493 e. The zero-order chi connectivity index (χ0) is 11.0. The smallest absolute Gasteiger partial charge is 0.219 e. The Balaban J connectivity index is 2.73. The number of nitrogens with one attached hydrogen (secondary N) is 1. The second kappa shape index (κ2) is 3.38. The molecule has 0 aliphatic rings. The molecule has 0 atom stereocenters. The molecular formula is C11H12N2O2. The van der Waals surface area contributed by atoms with Gasteiger partial charge in [0.05, 0.1) is 5.52 Å². The molecule has 0 amide bonds. The van der Waals surface area contributed by atoms with Crippen LogP contribution >= 0.6 is 0 Å². The molecule has 15 heavy (non-hydrogen) atoms. The number of fused-ring (bicyclic) bond motifs is 1. The summed E-state index contributed by atoms with van der Waals surface area (Å²) in [5, 5.41) is 12.9. The Morgan fingerprint density at radius 3 is 2.73 bits per heavy atom. The third-order valence-electron chi connectivity index (χ3n) is 2.53. The fourth-order valence-corrected chi connectivity index (χ4v) is 1.63. The fraction of sp³-hybridized carbons (Fsp3) is 0.273. The second-order valence-electron chi connectivity index (χ2n) is 3.87. The topological polar surface area (TPSA) is 65.4 Å². The van der Waals surface area contributed by atoms with Gasteiger partial charge in [-0.3, -0.25) is 0 Å². The Kier molecular flexibility index (Phi) is 2.19. The first-order chi connectivity index (χ1) is 7.13. The first kappa shape index (κ1) is 9.71. The average Bonchev–Trinajstić information content (AvgIpc) is 2.51. The van der Waals surface area contributed by atoms with Crippen LogP contribution in [-0.2, 0) is 0 Å². The van der Waals surface area contributed by atoms with Gasteiger partial charge in [-0.2, -0.15) is 0 Å². The van der Waals surface area contributed by atoms with Crippen LogP contribution in [0.2, 0.25) is 0 Å². The molecule has 2 rings (SSSR count). The van der Waals surface area contributed by atoms with E-state index in [-0.39, 0.29) is 11.6 Å². The van der Waals surface area contributed by atoms with Crippen LogP contribution in [0.5, 0.6) is 5.88 Å². The SMILES string of the molecule is CC(C)c1ccc2[nH]c(O)c(N=O)c2c1. The predicted octanol–water partition coefficient (Wildman–Crippen LogP) is 3.39. The maximum Gasteiger partial charge on any atom is 0.219 e. The normalized spacial score (nSPS) is 11.1. The summed E-state index contributed by atoms with van der Waals surface area (Å²) in [5.41, 5.74) is 1.94. The zero-order valence-electron chi connectivity index (χ0n) is 8.61. The molecule has 0 radical (unpaired) electrons. The third kappa shape index (κ3) is 1.48. The molecule has 0 bridgehead atoms. The molecule has 2 N–H and O–H groups in total. The molecule has 1 aromatic carbocycles. The first-order valence-corrected chi connectivity index (χ1v) is 4.81. The highest BCUT2D eigenvalue weighted by Crippen LogP contribution is 2.36. The highest BCUT2D eigenvalue weighted by atomic mass is 16.3. The maximum absolute atomic E-state index is 10.6. The number of aromatic amines is 1. The van der Waals surface area contributed by atoms with Crippen molar-refractivity contribution in [2.75, 3.05) is 0 Å². The third-order valence-corrected chi connectivity index (χ3v) is 2.53. The van der Waals surface area contributed by atoms with Crippen LogP contribution in [0.25, 0.3) is 10.9 Å². The molecule has 0 saturated carbocycles. The maximum atomic E-state index is 10.6. The van der Waals surface area contributed by atoms with E-state index < -0.39 is 0 Å². The van der Waals surface area contributed by atoms with Gasteiger partial charge in [0, 0.05) is 5.39 Å².